The summed E-state index contributed by atoms with van der Waals surface area (Å²) in [7, 11) is 0. The maximum Gasteiger partial charge on any atom is 0.0483 e. The summed E-state index contributed by atoms with van der Waals surface area (Å²) in [5, 5.41) is 8.06. The number of aryl methyl sites for hydroxylation is 2. The van der Waals surface area contributed by atoms with E-state index in [0.29, 0.717) is 0 Å². The molecule has 0 unspecified atom stereocenters. The van der Waals surface area contributed by atoms with E-state index in [1.807, 2.05) is 0 Å². The molecule has 2 heteroatoms. The van der Waals surface area contributed by atoms with E-state index < -0.39 is 0 Å². The molecular formula is C45H86OTi. The van der Waals surface area contributed by atoms with E-state index in [2.05, 4.69) is 39.0 Å². The molecular weight excluding hydrogens is 604 g/mol. The molecule has 0 atom stereocenters. The van der Waals surface area contributed by atoms with Gasteiger partial charge in [-0.25, -0.2) is 0 Å². The van der Waals surface area contributed by atoms with Gasteiger partial charge in [0.2, 0.25) is 0 Å². The standard InChI is InChI=1S/C42H78.C3H8O.Ti/c1-4-7-10-13-16-19-22-25-28-31-35-40-37-34-38-41(36-32-29-26-23-20-17-14-11-8-5-2)42(40)39-33-30-27-24-21-18-15-12-9-6-3;1-3(2)4;/h34,37-38H,4-33,35-36,39H2,1-3H3;3-4H,1-2H3;. The second kappa shape index (κ2) is 40.3. The molecule has 1 aromatic rings. The molecule has 0 heterocycles. The van der Waals surface area contributed by atoms with Crippen molar-refractivity contribution in [2.75, 3.05) is 0 Å². The number of unbranched alkanes of at least 4 members (excludes halogenated alkanes) is 27. The van der Waals surface area contributed by atoms with Gasteiger partial charge in [-0.3, -0.25) is 0 Å². The molecule has 0 bridgehead atoms. The van der Waals surface area contributed by atoms with E-state index in [1.54, 1.807) is 30.5 Å². The number of hydrogen-bond donors (Lipinski definition) is 1. The van der Waals surface area contributed by atoms with Crippen molar-refractivity contribution in [2.45, 2.75) is 253 Å². The molecule has 0 amide bonds. The zero-order valence-electron chi connectivity index (χ0n) is 33.1. The molecule has 1 rings (SSSR count). The van der Waals surface area contributed by atoms with Crippen molar-refractivity contribution in [3.8, 4) is 0 Å². The number of aliphatic hydroxyl groups excluding tert-OH is 1. The van der Waals surface area contributed by atoms with Crippen molar-refractivity contribution in [1.82, 2.24) is 0 Å². The number of benzene rings is 1. The summed E-state index contributed by atoms with van der Waals surface area (Å²) in [6, 6.07) is 7.36. The van der Waals surface area contributed by atoms with Gasteiger partial charge in [0.05, 0.1) is 0 Å². The van der Waals surface area contributed by atoms with Crippen LogP contribution in [0.5, 0.6) is 0 Å². The van der Waals surface area contributed by atoms with Crippen LogP contribution in [0, 0.1) is 0 Å². The molecule has 0 fully saturated rings. The number of hydrogen-bond acceptors (Lipinski definition) is 1. The van der Waals surface area contributed by atoms with Gasteiger partial charge in [0.15, 0.2) is 0 Å². The summed E-state index contributed by atoms with van der Waals surface area (Å²) in [6.07, 6.45) is 46.8. The summed E-state index contributed by atoms with van der Waals surface area (Å²) in [5.41, 5.74) is 5.18. The SMILES string of the molecule is CC(C)O.CCCCCCCCCCCCc1cccc(CCCCCCCCCCCC)c1CCCCCCCCCCCC.[Ti]. The third-order valence-electron chi connectivity index (χ3n) is 9.75. The van der Waals surface area contributed by atoms with Crippen LogP contribution in [-0.4, -0.2) is 11.2 Å². The van der Waals surface area contributed by atoms with Crippen molar-refractivity contribution in [3.05, 3.63) is 34.9 Å². The molecule has 276 valence electrons. The fraction of sp³-hybridized carbons (Fsp3) is 0.867. The smallest absolute Gasteiger partial charge is 0.0483 e. The van der Waals surface area contributed by atoms with E-state index in [1.165, 1.54) is 212 Å². The zero-order chi connectivity index (χ0) is 33.8. The van der Waals surface area contributed by atoms with E-state index in [-0.39, 0.29) is 27.8 Å². The summed E-state index contributed by atoms with van der Waals surface area (Å²) >= 11 is 0. The minimum absolute atomic E-state index is 0. The Bertz CT molecular complexity index is 669. The first-order chi connectivity index (χ1) is 22.6. The van der Waals surface area contributed by atoms with E-state index in [9.17, 15) is 0 Å². The Balaban J connectivity index is 0. The molecule has 0 saturated heterocycles. The number of rotatable bonds is 33. The van der Waals surface area contributed by atoms with Gasteiger partial charge in [0.1, 0.15) is 0 Å². The van der Waals surface area contributed by atoms with E-state index >= 15 is 0 Å². The normalized spacial score (nSPS) is 11.0. The predicted octanol–water partition coefficient (Wildman–Crippen LogP) is 15.5. The van der Waals surface area contributed by atoms with E-state index in [4.69, 9.17) is 5.11 Å². The van der Waals surface area contributed by atoms with Crippen molar-refractivity contribution >= 4 is 0 Å². The molecule has 0 saturated carbocycles. The van der Waals surface area contributed by atoms with Crippen LogP contribution < -0.4 is 0 Å². The number of aliphatic hydroxyl groups is 1. The Morgan fingerprint density at radius 3 is 0.851 bits per heavy atom. The van der Waals surface area contributed by atoms with Crippen molar-refractivity contribution in [3.63, 3.8) is 0 Å². The molecule has 0 aliphatic carbocycles. The van der Waals surface area contributed by atoms with Crippen LogP contribution in [-0.2, 0) is 41.0 Å². The average molecular weight is 691 g/mol. The Hall–Kier alpha value is -0.106. The fourth-order valence-electron chi connectivity index (χ4n) is 6.87. The maximum absolute atomic E-state index is 8.06. The first kappa shape index (κ1) is 49.0. The topological polar surface area (TPSA) is 20.2 Å². The van der Waals surface area contributed by atoms with Crippen LogP contribution in [0.1, 0.15) is 244 Å². The first-order valence-corrected chi connectivity index (χ1v) is 21.3. The van der Waals surface area contributed by atoms with Crippen LogP contribution in [0.15, 0.2) is 18.2 Å². The zero-order valence-corrected chi connectivity index (χ0v) is 34.7. The molecule has 0 aliphatic rings. The Morgan fingerprint density at radius 1 is 0.383 bits per heavy atom. The molecule has 0 aliphatic heterocycles. The maximum atomic E-state index is 8.06. The second-order valence-electron chi connectivity index (χ2n) is 14.9. The van der Waals surface area contributed by atoms with Crippen LogP contribution in [0.2, 0.25) is 0 Å². The third kappa shape index (κ3) is 35.5. The monoisotopic (exact) mass is 691 g/mol. The Kier molecular flexibility index (Phi) is 42.0. The minimum Gasteiger partial charge on any atom is -0.394 e. The van der Waals surface area contributed by atoms with Crippen molar-refractivity contribution < 1.29 is 26.8 Å². The minimum atomic E-state index is -0.167. The molecule has 0 radical (unpaired) electrons. The van der Waals surface area contributed by atoms with Crippen LogP contribution in [0.25, 0.3) is 0 Å². The van der Waals surface area contributed by atoms with Gasteiger partial charge in [-0.15, -0.1) is 0 Å². The van der Waals surface area contributed by atoms with Gasteiger partial charge >= 0.3 is 0 Å². The molecule has 0 spiro atoms. The second-order valence-corrected chi connectivity index (χ2v) is 14.9. The summed E-state index contributed by atoms with van der Waals surface area (Å²) in [6.45, 7) is 10.4. The summed E-state index contributed by atoms with van der Waals surface area (Å²) in [5.74, 6) is 0. The van der Waals surface area contributed by atoms with Gasteiger partial charge in [0, 0.05) is 27.8 Å². The largest absolute Gasteiger partial charge is 0.394 e. The quantitative estimate of drug-likeness (QED) is 0.0575. The van der Waals surface area contributed by atoms with Crippen molar-refractivity contribution in [2.24, 2.45) is 0 Å². The van der Waals surface area contributed by atoms with Gasteiger partial charge in [-0.05, 0) is 69.1 Å². The summed E-state index contributed by atoms with van der Waals surface area (Å²) < 4.78 is 0. The molecule has 1 N–H and O–H groups in total. The third-order valence-corrected chi connectivity index (χ3v) is 9.75. The predicted molar refractivity (Wildman–Crippen MR) is 210 cm³/mol. The van der Waals surface area contributed by atoms with Crippen LogP contribution in [0.3, 0.4) is 0 Å². The molecule has 47 heavy (non-hydrogen) atoms. The fourth-order valence-corrected chi connectivity index (χ4v) is 6.87. The Morgan fingerprint density at radius 2 is 0.596 bits per heavy atom. The average Bonchev–Trinajstić information content (AvgIpc) is 3.04. The van der Waals surface area contributed by atoms with Gasteiger partial charge in [-0.1, -0.05) is 212 Å². The van der Waals surface area contributed by atoms with E-state index in [0.717, 1.165) is 0 Å². The molecule has 1 nitrogen and oxygen atoms in total. The van der Waals surface area contributed by atoms with Gasteiger partial charge < -0.3 is 5.11 Å². The van der Waals surface area contributed by atoms with Crippen LogP contribution in [0.4, 0.5) is 0 Å². The van der Waals surface area contributed by atoms with Gasteiger partial charge in [-0.2, -0.15) is 0 Å². The Labute approximate surface area is 312 Å². The molecule has 0 aromatic heterocycles. The first-order valence-electron chi connectivity index (χ1n) is 21.3. The molecule has 1 aromatic carbocycles. The summed E-state index contributed by atoms with van der Waals surface area (Å²) in [4.78, 5) is 0. The van der Waals surface area contributed by atoms with Crippen LogP contribution >= 0.6 is 0 Å². The van der Waals surface area contributed by atoms with Gasteiger partial charge in [0.25, 0.3) is 0 Å². The van der Waals surface area contributed by atoms with Crippen molar-refractivity contribution in [1.29, 1.82) is 0 Å².